The third-order valence-electron chi connectivity index (χ3n) is 1.39. The van der Waals surface area contributed by atoms with E-state index in [-0.39, 0.29) is 0 Å². The minimum Gasteiger partial charge on any atom is -0.421 e. The first-order valence-corrected chi connectivity index (χ1v) is 3.49. The summed E-state index contributed by atoms with van der Waals surface area (Å²) in [5.74, 6) is 1.05. The molecule has 59 valence electrons. The van der Waals surface area contributed by atoms with Gasteiger partial charge in [-0.15, -0.1) is 10.2 Å². The largest absolute Gasteiger partial charge is 0.421 e. The van der Waals surface area contributed by atoms with Gasteiger partial charge in [0.25, 0.3) is 0 Å². The zero-order valence-corrected chi connectivity index (χ0v) is 6.48. The van der Waals surface area contributed by atoms with E-state index in [1.54, 1.807) is 19.2 Å². The van der Waals surface area contributed by atoms with E-state index in [9.17, 15) is 0 Å². The van der Waals surface area contributed by atoms with E-state index in [1.807, 2.05) is 6.07 Å². The summed E-state index contributed by atoms with van der Waals surface area (Å²) in [6.07, 6.45) is 4.30. The second-order valence-electron chi connectivity index (χ2n) is 2.30. The summed E-state index contributed by atoms with van der Waals surface area (Å²) in [4.78, 5) is 3.82. The molecule has 2 aromatic rings. The number of pyridine rings is 1. The first-order valence-electron chi connectivity index (χ1n) is 3.49. The molecule has 2 heterocycles. The predicted octanol–water partition coefficient (Wildman–Crippen LogP) is 1.24. The Bertz CT molecular complexity index is 369. The van der Waals surface area contributed by atoms with E-state index in [0.29, 0.717) is 11.8 Å². The maximum absolute atomic E-state index is 5.19. The fourth-order valence-corrected chi connectivity index (χ4v) is 0.860. The summed E-state index contributed by atoms with van der Waals surface area (Å²) in [6.45, 7) is 1.75. The van der Waals surface area contributed by atoms with Crippen LogP contribution in [-0.4, -0.2) is 15.2 Å². The third-order valence-corrected chi connectivity index (χ3v) is 1.39. The van der Waals surface area contributed by atoms with E-state index < -0.39 is 0 Å². The van der Waals surface area contributed by atoms with Gasteiger partial charge in [-0.2, -0.15) is 0 Å². The second-order valence-corrected chi connectivity index (χ2v) is 2.30. The molecule has 0 N–H and O–H groups in total. The Balaban J connectivity index is 2.45. The molecular formula is C8H6N3O. The highest BCUT2D eigenvalue weighted by Gasteiger charge is 2.03. The van der Waals surface area contributed by atoms with Crippen LogP contribution in [0.1, 0.15) is 5.89 Å². The zero-order valence-electron chi connectivity index (χ0n) is 6.48. The van der Waals surface area contributed by atoms with Crippen LogP contribution < -0.4 is 0 Å². The van der Waals surface area contributed by atoms with Crippen molar-refractivity contribution in [1.82, 2.24) is 15.2 Å². The van der Waals surface area contributed by atoms with Crippen LogP contribution in [0.25, 0.3) is 11.5 Å². The average molecular weight is 160 g/mol. The molecule has 2 rings (SSSR count). The molecule has 0 aromatic carbocycles. The second kappa shape index (κ2) is 2.73. The summed E-state index contributed by atoms with van der Waals surface area (Å²) in [6, 6.07) is 3.52. The summed E-state index contributed by atoms with van der Waals surface area (Å²) in [7, 11) is 0. The van der Waals surface area contributed by atoms with Crippen LogP contribution in [0, 0.1) is 13.1 Å². The van der Waals surface area contributed by atoms with Crippen LogP contribution in [0.4, 0.5) is 0 Å². The first-order chi connectivity index (χ1) is 5.86. The zero-order chi connectivity index (χ0) is 8.39. The highest BCUT2D eigenvalue weighted by Crippen LogP contribution is 2.14. The minimum atomic E-state index is 0.494. The van der Waals surface area contributed by atoms with Crippen molar-refractivity contribution in [3.63, 3.8) is 0 Å². The highest BCUT2D eigenvalue weighted by molar-refractivity contribution is 5.49. The van der Waals surface area contributed by atoms with Crippen LogP contribution in [-0.2, 0) is 0 Å². The first kappa shape index (κ1) is 6.97. The molecule has 0 atom stereocenters. The molecule has 0 aliphatic rings. The van der Waals surface area contributed by atoms with Gasteiger partial charge in [-0.05, 0) is 12.1 Å². The number of hydrogen-bond acceptors (Lipinski definition) is 4. The van der Waals surface area contributed by atoms with Gasteiger partial charge in [0, 0.05) is 13.1 Å². The van der Waals surface area contributed by atoms with E-state index in [4.69, 9.17) is 4.42 Å². The third kappa shape index (κ3) is 1.18. The SMILES string of the molecule is Cc1nnc(-c2cc[c]nc2)o1. The van der Waals surface area contributed by atoms with Crippen LogP contribution in [0.15, 0.2) is 22.7 Å². The Hall–Kier alpha value is -1.71. The lowest BCUT2D eigenvalue weighted by atomic mass is 10.3. The van der Waals surface area contributed by atoms with E-state index in [1.165, 1.54) is 0 Å². The van der Waals surface area contributed by atoms with Gasteiger partial charge in [-0.25, -0.2) is 0 Å². The van der Waals surface area contributed by atoms with Crippen molar-refractivity contribution in [2.24, 2.45) is 0 Å². The molecule has 1 radical (unpaired) electrons. The topological polar surface area (TPSA) is 51.8 Å². The van der Waals surface area contributed by atoms with Crippen molar-refractivity contribution in [1.29, 1.82) is 0 Å². The molecule has 0 aliphatic carbocycles. The molecule has 0 saturated heterocycles. The van der Waals surface area contributed by atoms with Gasteiger partial charge in [0.05, 0.1) is 11.8 Å². The molecule has 0 fully saturated rings. The van der Waals surface area contributed by atoms with Crippen LogP contribution in [0.3, 0.4) is 0 Å². The molecule has 4 nitrogen and oxygen atoms in total. The fourth-order valence-electron chi connectivity index (χ4n) is 0.860. The highest BCUT2D eigenvalue weighted by atomic mass is 16.4. The molecule has 0 spiro atoms. The van der Waals surface area contributed by atoms with Gasteiger partial charge in [-0.1, -0.05) is 0 Å². The van der Waals surface area contributed by atoms with Gasteiger partial charge in [0.1, 0.15) is 0 Å². The van der Waals surface area contributed by atoms with Gasteiger partial charge in [-0.3, -0.25) is 4.98 Å². The van der Waals surface area contributed by atoms with Crippen molar-refractivity contribution in [2.75, 3.05) is 0 Å². The van der Waals surface area contributed by atoms with E-state index in [0.717, 1.165) is 5.56 Å². The fraction of sp³-hybridized carbons (Fsp3) is 0.125. The standard InChI is InChI=1S/C8H6N3O/c1-6-10-11-8(12-6)7-3-2-4-9-5-7/h2-3,5H,1H3. The molecule has 0 unspecified atom stereocenters. The molecule has 12 heavy (non-hydrogen) atoms. The average Bonchev–Trinajstić information content (AvgIpc) is 2.54. The molecule has 0 aliphatic heterocycles. The molecule has 4 heteroatoms. The van der Waals surface area contributed by atoms with Gasteiger partial charge >= 0.3 is 0 Å². The van der Waals surface area contributed by atoms with Crippen molar-refractivity contribution >= 4 is 0 Å². The van der Waals surface area contributed by atoms with Crippen molar-refractivity contribution < 1.29 is 4.42 Å². The normalized spacial score (nSPS) is 10.1. The summed E-state index contributed by atoms with van der Waals surface area (Å²) in [5, 5.41) is 7.55. The Labute approximate surface area is 69.3 Å². The van der Waals surface area contributed by atoms with Crippen molar-refractivity contribution in [2.45, 2.75) is 6.92 Å². The molecule has 0 amide bonds. The van der Waals surface area contributed by atoms with Gasteiger partial charge in [0.2, 0.25) is 11.8 Å². The van der Waals surface area contributed by atoms with E-state index >= 15 is 0 Å². The Morgan fingerprint density at radius 2 is 2.33 bits per heavy atom. The summed E-state index contributed by atoms with van der Waals surface area (Å²) < 4.78 is 5.19. The summed E-state index contributed by atoms with van der Waals surface area (Å²) >= 11 is 0. The molecule has 0 bridgehead atoms. The maximum Gasteiger partial charge on any atom is 0.249 e. The predicted molar refractivity (Wildman–Crippen MR) is 41.1 cm³/mol. The Morgan fingerprint density at radius 1 is 1.42 bits per heavy atom. The molecule has 0 saturated carbocycles. The number of nitrogens with zero attached hydrogens (tertiary/aromatic N) is 3. The molecular weight excluding hydrogens is 154 g/mol. The van der Waals surface area contributed by atoms with Crippen molar-refractivity contribution in [3.8, 4) is 11.5 Å². The quantitative estimate of drug-likeness (QED) is 0.629. The summed E-state index contributed by atoms with van der Waals surface area (Å²) in [5.41, 5.74) is 0.814. The number of hydrogen-bond donors (Lipinski definition) is 0. The Morgan fingerprint density at radius 3 is 2.92 bits per heavy atom. The van der Waals surface area contributed by atoms with Crippen LogP contribution >= 0.6 is 0 Å². The minimum absolute atomic E-state index is 0.494. The monoisotopic (exact) mass is 160 g/mol. The van der Waals surface area contributed by atoms with E-state index in [2.05, 4.69) is 21.4 Å². The van der Waals surface area contributed by atoms with Crippen LogP contribution in [0.2, 0.25) is 0 Å². The molecule has 2 aromatic heterocycles. The Kier molecular flexibility index (Phi) is 1.59. The lowest BCUT2D eigenvalue weighted by Gasteiger charge is -1.89. The maximum atomic E-state index is 5.19. The smallest absolute Gasteiger partial charge is 0.249 e. The number of rotatable bonds is 1. The number of aromatic nitrogens is 3. The van der Waals surface area contributed by atoms with Gasteiger partial charge < -0.3 is 4.42 Å². The lowest BCUT2D eigenvalue weighted by molar-refractivity contribution is 0.532. The van der Waals surface area contributed by atoms with Crippen LogP contribution in [0.5, 0.6) is 0 Å². The van der Waals surface area contributed by atoms with Gasteiger partial charge in [0.15, 0.2) is 0 Å². The van der Waals surface area contributed by atoms with Crippen molar-refractivity contribution in [3.05, 3.63) is 30.4 Å². The number of aryl methyl sites for hydroxylation is 1. The lowest BCUT2D eigenvalue weighted by Crippen LogP contribution is -1.78.